The van der Waals surface area contributed by atoms with Crippen molar-refractivity contribution in [3.05, 3.63) is 26.7 Å². The fourth-order valence-electron chi connectivity index (χ4n) is 1.47. The van der Waals surface area contributed by atoms with Gasteiger partial charge in [0.05, 0.1) is 6.10 Å². The Kier molecular flexibility index (Phi) is 2.84. The van der Waals surface area contributed by atoms with Crippen LogP contribution in [0, 0.1) is 0 Å². The van der Waals surface area contributed by atoms with Gasteiger partial charge in [0.1, 0.15) is 17.9 Å². The number of H-pyrrole nitrogens is 2. The minimum atomic E-state index is -0.481. The van der Waals surface area contributed by atoms with Gasteiger partial charge in [-0.3, -0.25) is 14.3 Å². The maximum atomic E-state index is 11.5. The molecule has 0 aliphatic heterocycles. The summed E-state index contributed by atoms with van der Waals surface area (Å²) in [5.41, 5.74) is -0.327. The maximum absolute atomic E-state index is 11.5. The molecule has 0 atom stereocenters. The molecule has 0 aromatic carbocycles. The van der Waals surface area contributed by atoms with Gasteiger partial charge in [-0.1, -0.05) is 0 Å². The van der Waals surface area contributed by atoms with Gasteiger partial charge >= 0.3 is 5.69 Å². The molecule has 0 spiro atoms. The van der Waals surface area contributed by atoms with E-state index in [0.29, 0.717) is 11.5 Å². The van der Waals surface area contributed by atoms with Crippen molar-refractivity contribution in [1.82, 2.24) is 19.5 Å². The predicted molar refractivity (Wildman–Crippen MR) is 61.9 cm³/mol. The van der Waals surface area contributed by atoms with E-state index in [1.807, 2.05) is 13.8 Å². The number of ether oxygens (including phenoxy) is 1. The van der Waals surface area contributed by atoms with Crippen LogP contribution in [-0.2, 0) is 18.4 Å². The molecule has 0 saturated carbocycles. The summed E-state index contributed by atoms with van der Waals surface area (Å²) in [5.74, 6) is 0.528. The van der Waals surface area contributed by atoms with Crippen LogP contribution in [-0.4, -0.2) is 25.6 Å². The van der Waals surface area contributed by atoms with Crippen LogP contribution in [0.5, 0.6) is 0 Å². The fourth-order valence-corrected chi connectivity index (χ4v) is 1.47. The van der Waals surface area contributed by atoms with E-state index in [1.54, 1.807) is 7.05 Å². The summed E-state index contributed by atoms with van der Waals surface area (Å²) in [6.07, 6.45) is 0.0744. The Morgan fingerprint density at radius 3 is 2.71 bits per heavy atom. The number of aromatic amines is 2. The van der Waals surface area contributed by atoms with Gasteiger partial charge in [-0.15, -0.1) is 0 Å². The monoisotopic (exact) mass is 238 g/mol. The molecule has 17 heavy (non-hydrogen) atoms. The van der Waals surface area contributed by atoms with Gasteiger partial charge in [0.25, 0.3) is 5.56 Å². The molecular formula is C10H14N4O3. The molecule has 0 bridgehead atoms. The highest BCUT2D eigenvalue weighted by Gasteiger charge is 2.10. The number of hydrogen-bond donors (Lipinski definition) is 2. The van der Waals surface area contributed by atoms with Crippen molar-refractivity contribution in [3.63, 3.8) is 0 Å². The Morgan fingerprint density at radius 2 is 2.06 bits per heavy atom. The zero-order valence-corrected chi connectivity index (χ0v) is 9.90. The van der Waals surface area contributed by atoms with Gasteiger partial charge in [0, 0.05) is 7.05 Å². The molecule has 0 unspecified atom stereocenters. The third-order valence-electron chi connectivity index (χ3n) is 2.36. The lowest BCUT2D eigenvalue weighted by atomic mass is 10.5. The lowest BCUT2D eigenvalue weighted by molar-refractivity contribution is 0.0618. The summed E-state index contributed by atoms with van der Waals surface area (Å²) in [6.45, 7) is 4.09. The maximum Gasteiger partial charge on any atom is 0.329 e. The van der Waals surface area contributed by atoms with E-state index in [9.17, 15) is 9.59 Å². The van der Waals surface area contributed by atoms with Crippen molar-refractivity contribution in [1.29, 1.82) is 0 Å². The van der Waals surface area contributed by atoms with Crippen LogP contribution in [0.4, 0.5) is 0 Å². The molecule has 7 nitrogen and oxygen atoms in total. The van der Waals surface area contributed by atoms with E-state index < -0.39 is 11.2 Å². The number of nitrogens with zero attached hydrogens (tertiary/aromatic N) is 2. The minimum absolute atomic E-state index is 0.0744. The topological polar surface area (TPSA) is 92.8 Å². The van der Waals surface area contributed by atoms with Gasteiger partial charge in [-0.2, -0.15) is 0 Å². The van der Waals surface area contributed by atoms with Gasteiger partial charge in [-0.05, 0) is 13.8 Å². The quantitative estimate of drug-likeness (QED) is 0.779. The molecule has 2 aromatic heterocycles. The van der Waals surface area contributed by atoms with Crippen LogP contribution in [0.15, 0.2) is 9.59 Å². The number of fused-ring (bicyclic) bond motifs is 1. The third kappa shape index (κ3) is 2.14. The van der Waals surface area contributed by atoms with Crippen molar-refractivity contribution >= 4 is 11.2 Å². The lowest BCUT2D eigenvalue weighted by Crippen LogP contribution is -2.28. The number of nitrogens with one attached hydrogen (secondary N) is 2. The first-order chi connectivity index (χ1) is 7.99. The van der Waals surface area contributed by atoms with Crippen molar-refractivity contribution in [2.75, 3.05) is 0 Å². The highest BCUT2D eigenvalue weighted by Crippen LogP contribution is 2.05. The summed E-state index contributed by atoms with van der Waals surface area (Å²) < 4.78 is 6.66. The Hall–Kier alpha value is -1.89. The lowest BCUT2D eigenvalue weighted by Gasteiger charge is -2.03. The third-order valence-corrected chi connectivity index (χ3v) is 2.36. The summed E-state index contributed by atoms with van der Waals surface area (Å²) in [6, 6.07) is 0. The van der Waals surface area contributed by atoms with Crippen molar-refractivity contribution in [3.8, 4) is 0 Å². The van der Waals surface area contributed by atoms with Crippen molar-refractivity contribution < 1.29 is 4.74 Å². The molecule has 2 rings (SSSR count). The van der Waals surface area contributed by atoms with Crippen molar-refractivity contribution in [2.24, 2.45) is 7.05 Å². The minimum Gasteiger partial charge on any atom is -0.371 e. The summed E-state index contributed by atoms with van der Waals surface area (Å²) in [4.78, 5) is 32.1. The normalized spacial score (nSPS) is 11.5. The average molecular weight is 238 g/mol. The molecule has 2 N–H and O–H groups in total. The Balaban J connectivity index is 2.50. The van der Waals surface area contributed by atoms with Crippen LogP contribution < -0.4 is 11.2 Å². The van der Waals surface area contributed by atoms with E-state index in [2.05, 4.69) is 15.0 Å². The highest BCUT2D eigenvalue weighted by molar-refractivity contribution is 5.69. The Bertz CT molecular complexity index is 650. The second-order valence-electron chi connectivity index (χ2n) is 4.06. The predicted octanol–water partition coefficient (Wildman–Crippen LogP) is -0.125. The first kappa shape index (κ1) is 11.6. The van der Waals surface area contributed by atoms with Crippen LogP contribution in [0.3, 0.4) is 0 Å². The number of aryl methyl sites for hydroxylation is 1. The second-order valence-corrected chi connectivity index (χ2v) is 4.06. The molecule has 0 aliphatic rings. The Morgan fingerprint density at radius 1 is 1.35 bits per heavy atom. The average Bonchev–Trinajstić information content (AvgIpc) is 2.68. The largest absolute Gasteiger partial charge is 0.371 e. The van der Waals surface area contributed by atoms with Gasteiger partial charge in [0.2, 0.25) is 0 Å². The molecule has 92 valence electrons. The van der Waals surface area contributed by atoms with Crippen molar-refractivity contribution in [2.45, 2.75) is 26.6 Å². The fraction of sp³-hybridized carbons (Fsp3) is 0.500. The zero-order chi connectivity index (χ0) is 12.6. The van der Waals surface area contributed by atoms with Gasteiger partial charge < -0.3 is 9.72 Å². The van der Waals surface area contributed by atoms with Gasteiger partial charge in [0.15, 0.2) is 5.65 Å². The summed E-state index contributed by atoms with van der Waals surface area (Å²) in [5, 5.41) is 0. The van der Waals surface area contributed by atoms with Crippen LogP contribution in [0.1, 0.15) is 19.7 Å². The van der Waals surface area contributed by atoms with Gasteiger partial charge in [-0.25, -0.2) is 9.78 Å². The molecule has 7 heteroatoms. The number of aromatic nitrogens is 4. The first-order valence-corrected chi connectivity index (χ1v) is 5.28. The molecule has 0 saturated heterocycles. The number of hydrogen-bond acceptors (Lipinski definition) is 4. The van der Waals surface area contributed by atoms with E-state index in [0.717, 1.165) is 0 Å². The second kappa shape index (κ2) is 4.17. The standard InChI is InChI=1S/C10H14N4O3/c1-5(2)17-4-6-11-7-8(12-6)14(3)10(16)13-9(7)15/h5H,4H2,1-3H3,(H,11,12)(H,13,15,16). The molecule has 0 amide bonds. The zero-order valence-electron chi connectivity index (χ0n) is 9.90. The van der Waals surface area contributed by atoms with E-state index >= 15 is 0 Å². The van der Waals surface area contributed by atoms with Crippen LogP contribution in [0.25, 0.3) is 11.2 Å². The number of imidazole rings is 1. The SMILES string of the molecule is CC(C)OCc1nc2c([nH]1)c(=O)[nH]c(=O)n2C. The summed E-state index contributed by atoms with van der Waals surface area (Å²) in [7, 11) is 1.55. The summed E-state index contributed by atoms with van der Waals surface area (Å²) >= 11 is 0. The Labute approximate surface area is 96.5 Å². The first-order valence-electron chi connectivity index (χ1n) is 5.28. The van der Waals surface area contributed by atoms with Crippen LogP contribution in [0.2, 0.25) is 0 Å². The van der Waals surface area contributed by atoms with E-state index in [-0.39, 0.29) is 18.2 Å². The highest BCUT2D eigenvalue weighted by atomic mass is 16.5. The molecule has 2 heterocycles. The molecule has 0 fully saturated rings. The molecule has 0 radical (unpaired) electrons. The smallest absolute Gasteiger partial charge is 0.329 e. The molecular weight excluding hydrogens is 224 g/mol. The number of rotatable bonds is 3. The molecule has 0 aliphatic carbocycles. The van der Waals surface area contributed by atoms with E-state index in [1.165, 1.54) is 4.57 Å². The molecule has 2 aromatic rings. The van der Waals surface area contributed by atoms with Crippen LogP contribution >= 0.6 is 0 Å². The van der Waals surface area contributed by atoms with E-state index in [4.69, 9.17) is 4.74 Å².